The maximum atomic E-state index is 14.1. The molecule has 0 amide bonds. The quantitative estimate of drug-likeness (QED) is 0.339. The Morgan fingerprint density at radius 3 is 1.84 bits per heavy atom. The van der Waals surface area contributed by atoms with E-state index in [1.54, 1.807) is 13.8 Å². The van der Waals surface area contributed by atoms with Crippen LogP contribution in [0.25, 0.3) is 0 Å². The predicted octanol–water partition coefficient (Wildman–Crippen LogP) is 5.71. The second-order valence-corrected chi connectivity index (χ2v) is 8.12. The summed E-state index contributed by atoms with van der Waals surface area (Å²) in [6.07, 6.45) is 5.54. The van der Waals surface area contributed by atoms with Crippen molar-refractivity contribution in [3.63, 3.8) is 0 Å². The van der Waals surface area contributed by atoms with Crippen LogP contribution in [0, 0.1) is 0 Å². The zero-order chi connectivity index (χ0) is 14.8. The van der Waals surface area contributed by atoms with Crippen molar-refractivity contribution in [1.29, 1.82) is 0 Å². The highest BCUT2D eigenvalue weighted by atomic mass is 32.5. The lowest BCUT2D eigenvalue weighted by atomic mass is 10.1. The molecule has 0 fully saturated rings. The van der Waals surface area contributed by atoms with Crippen molar-refractivity contribution < 1.29 is 17.8 Å². The standard InChI is InChI=1S/C13H27F2O2PS/c1-4-7-8-9-10-11-12-13(14,15)18(19,16-5-2)17-6-3/h4-12H2,1-3H3. The molecule has 0 aromatic rings. The lowest BCUT2D eigenvalue weighted by molar-refractivity contribution is 0.0472. The van der Waals surface area contributed by atoms with E-state index in [-0.39, 0.29) is 19.6 Å². The van der Waals surface area contributed by atoms with Crippen LogP contribution in [-0.4, -0.2) is 18.9 Å². The first kappa shape index (κ1) is 19.4. The Kier molecular flexibility index (Phi) is 10.4. The fraction of sp³-hybridized carbons (Fsp3) is 1.00. The largest absolute Gasteiger partial charge is 0.326 e. The molecule has 0 aromatic carbocycles. The fourth-order valence-corrected chi connectivity index (χ4v) is 4.29. The van der Waals surface area contributed by atoms with Gasteiger partial charge in [-0.3, -0.25) is 0 Å². The van der Waals surface area contributed by atoms with Crippen molar-refractivity contribution in [2.75, 3.05) is 13.2 Å². The summed E-state index contributed by atoms with van der Waals surface area (Å²) < 4.78 is 38.4. The third-order valence-corrected chi connectivity index (χ3v) is 6.48. The Labute approximate surface area is 121 Å². The molecule has 6 heteroatoms. The van der Waals surface area contributed by atoms with Crippen LogP contribution in [-0.2, 0) is 20.9 Å². The van der Waals surface area contributed by atoms with E-state index in [9.17, 15) is 8.78 Å². The molecule has 19 heavy (non-hydrogen) atoms. The molecule has 0 saturated carbocycles. The molecule has 0 rings (SSSR count). The van der Waals surface area contributed by atoms with Crippen LogP contribution in [0.3, 0.4) is 0 Å². The number of hydrogen-bond donors (Lipinski definition) is 0. The zero-order valence-corrected chi connectivity index (χ0v) is 14.0. The van der Waals surface area contributed by atoms with Crippen LogP contribution in [0.2, 0.25) is 0 Å². The molecule has 0 aliphatic carbocycles. The van der Waals surface area contributed by atoms with Crippen LogP contribution in [0.1, 0.15) is 65.7 Å². The molecule has 0 atom stereocenters. The molecular formula is C13H27F2O2PS. The van der Waals surface area contributed by atoms with E-state index in [2.05, 4.69) is 6.92 Å². The number of rotatable bonds is 12. The minimum absolute atomic E-state index is 0.170. The molecule has 0 heterocycles. The maximum Gasteiger partial charge on any atom is 0.320 e. The lowest BCUT2D eigenvalue weighted by Crippen LogP contribution is -2.20. The maximum absolute atomic E-state index is 14.1. The van der Waals surface area contributed by atoms with Crippen LogP contribution in [0.15, 0.2) is 0 Å². The summed E-state index contributed by atoms with van der Waals surface area (Å²) >= 11 is 4.97. The summed E-state index contributed by atoms with van der Waals surface area (Å²) in [7, 11) is 0. The van der Waals surface area contributed by atoms with Crippen LogP contribution >= 0.6 is 6.49 Å². The molecular weight excluding hydrogens is 289 g/mol. The highest BCUT2D eigenvalue weighted by Crippen LogP contribution is 2.63. The smallest absolute Gasteiger partial charge is 0.320 e. The second-order valence-electron chi connectivity index (χ2n) is 4.52. The van der Waals surface area contributed by atoms with Gasteiger partial charge in [-0.25, -0.2) is 0 Å². The van der Waals surface area contributed by atoms with Gasteiger partial charge in [-0.2, -0.15) is 8.78 Å². The van der Waals surface area contributed by atoms with E-state index in [4.69, 9.17) is 20.9 Å². The first-order valence-corrected chi connectivity index (χ1v) is 9.84. The minimum Gasteiger partial charge on any atom is -0.326 e. The van der Waals surface area contributed by atoms with Crippen molar-refractivity contribution in [1.82, 2.24) is 0 Å². The van der Waals surface area contributed by atoms with Gasteiger partial charge in [0.25, 0.3) is 6.49 Å². The third-order valence-electron chi connectivity index (χ3n) is 2.83. The second kappa shape index (κ2) is 10.2. The molecule has 0 N–H and O–H groups in total. The van der Waals surface area contributed by atoms with E-state index in [0.29, 0.717) is 6.42 Å². The molecule has 0 aromatic heterocycles. The Bertz CT molecular complexity index is 265. The normalized spacial score (nSPS) is 12.9. The van der Waals surface area contributed by atoms with Crippen molar-refractivity contribution >= 4 is 18.3 Å². The Hall–Kier alpha value is 0.430. The molecule has 0 bridgehead atoms. The topological polar surface area (TPSA) is 18.5 Å². The van der Waals surface area contributed by atoms with Crippen molar-refractivity contribution in [2.24, 2.45) is 0 Å². The van der Waals surface area contributed by atoms with Gasteiger partial charge in [-0.15, -0.1) is 0 Å². The molecule has 2 nitrogen and oxygen atoms in total. The molecule has 116 valence electrons. The van der Waals surface area contributed by atoms with Gasteiger partial charge in [0.1, 0.15) is 0 Å². The molecule has 0 saturated heterocycles. The fourth-order valence-electron chi connectivity index (χ4n) is 1.82. The first-order chi connectivity index (χ1) is 8.93. The predicted molar refractivity (Wildman–Crippen MR) is 80.5 cm³/mol. The van der Waals surface area contributed by atoms with Gasteiger partial charge in [0.2, 0.25) is 0 Å². The van der Waals surface area contributed by atoms with E-state index < -0.39 is 12.2 Å². The summed E-state index contributed by atoms with van der Waals surface area (Å²) in [5, 5.41) is 0. The van der Waals surface area contributed by atoms with Crippen molar-refractivity contribution in [2.45, 2.75) is 71.4 Å². The Morgan fingerprint density at radius 2 is 1.37 bits per heavy atom. The summed E-state index contributed by atoms with van der Waals surface area (Å²) in [6, 6.07) is 0. The summed E-state index contributed by atoms with van der Waals surface area (Å²) in [4.78, 5) is 0. The van der Waals surface area contributed by atoms with E-state index in [1.807, 2.05) is 0 Å². The van der Waals surface area contributed by atoms with E-state index in [0.717, 1.165) is 25.7 Å². The average Bonchev–Trinajstić information content (AvgIpc) is 2.34. The van der Waals surface area contributed by atoms with E-state index >= 15 is 0 Å². The Balaban J connectivity index is 4.21. The van der Waals surface area contributed by atoms with Gasteiger partial charge in [-0.05, 0) is 32.1 Å². The minimum atomic E-state index is -3.48. The zero-order valence-electron chi connectivity index (χ0n) is 12.3. The summed E-state index contributed by atoms with van der Waals surface area (Å²) in [5.74, 6) is 0. The van der Waals surface area contributed by atoms with Crippen molar-refractivity contribution in [3.05, 3.63) is 0 Å². The number of hydrogen-bond acceptors (Lipinski definition) is 3. The van der Waals surface area contributed by atoms with Crippen LogP contribution < -0.4 is 0 Å². The van der Waals surface area contributed by atoms with Gasteiger partial charge in [0.05, 0.1) is 13.2 Å². The van der Waals surface area contributed by atoms with Gasteiger partial charge in [0, 0.05) is 6.42 Å². The SMILES string of the molecule is CCCCCCCCC(F)(F)P(=S)(OCC)OCC. The monoisotopic (exact) mass is 316 g/mol. The number of alkyl halides is 2. The molecule has 0 aliphatic heterocycles. The van der Waals surface area contributed by atoms with Crippen LogP contribution in [0.4, 0.5) is 8.78 Å². The highest BCUT2D eigenvalue weighted by Gasteiger charge is 2.47. The number of unbranched alkanes of at least 4 members (excludes halogenated alkanes) is 5. The first-order valence-electron chi connectivity index (χ1n) is 7.20. The van der Waals surface area contributed by atoms with E-state index in [1.165, 1.54) is 6.42 Å². The molecule has 0 unspecified atom stereocenters. The third kappa shape index (κ3) is 7.12. The lowest BCUT2D eigenvalue weighted by Gasteiger charge is -2.29. The van der Waals surface area contributed by atoms with Crippen molar-refractivity contribution in [3.8, 4) is 0 Å². The summed E-state index contributed by atoms with van der Waals surface area (Å²) in [6.45, 7) is 2.32. The van der Waals surface area contributed by atoms with Gasteiger partial charge in [0.15, 0.2) is 0 Å². The molecule has 0 aliphatic rings. The van der Waals surface area contributed by atoms with Crippen LogP contribution in [0.5, 0.6) is 0 Å². The highest BCUT2D eigenvalue weighted by molar-refractivity contribution is 8.10. The average molecular weight is 316 g/mol. The van der Waals surface area contributed by atoms with Gasteiger partial charge in [-0.1, -0.05) is 39.0 Å². The number of halogens is 2. The molecule has 0 spiro atoms. The van der Waals surface area contributed by atoms with Gasteiger partial charge >= 0.3 is 5.66 Å². The molecule has 0 radical (unpaired) electrons. The summed E-state index contributed by atoms with van der Waals surface area (Å²) in [5.41, 5.74) is -3.01. The van der Waals surface area contributed by atoms with Gasteiger partial charge < -0.3 is 9.05 Å². The Morgan fingerprint density at radius 1 is 0.895 bits per heavy atom.